The first-order valence-corrected chi connectivity index (χ1v) is 6.67. The highest BCUT2D eigenvalue weighted by molar-refractivity contribution is 5.83. The highest BCUT2D eigenvalue weighted by Crippen LogP contribution is 2.19. The number of carbonyl (C=O) groups is 2. The third-order valence-corrected chi connectivity index (χ3v) is 2.82. The van der Waals surface area contributed by atoms with Gasteiger partial charge in [-0.25, -0.2) is 0 Å². The Balaban J connectivity index is 2.45. The lowest BCUT2D eigenvalue weighted by molar-refractivity contribution is -0.154. The van der Waals surface area contributed by atoms with E-state index in [1.54, 1.807) is 14.0 Å². The molecule has 0 unspecified atom stereocenters. The van der Waals surface area contributed by atoms with Gasteiger partial charge in [0.05, 0.1) is 7.11 Å². The maximum atomic E-state index is 11.7. The summed E-state index contributed by atoms with van der Waals surface area (Å²) in [7, 11) is 1.59. The van der Waals surface area contributed by atoms with Gasteiger partial charge in [0.2, 0.25) is 0 Å². The lowest BCUT2D eigenvalue weighted by atomic mass is 10.1. The molecule has 1 aromatic carbocycles. The molecule has 0 radical (unpaired) electrons. The highest BCUT2D eigenvalue weighted by Gasteiger charge is 2.17. The zero-order chi connectivity index (χ0) is 15.0. The summed E-state index contributed by atoms with van der Waals surface area (Å²) in [4.78, 5) is 23.1. The van der Waals surface area contributed by atoms with Gasteiger partial charge in [-0.2, -0.15) is 0 Å². The van der Waals surface area contributed by atoms with Crippen LogP contribution in [0.3, 0.4) is 0 Å². The van der Waals surface area contributed by atoms with Crippen LogP contribution in [0.1, 0.15) is 25.8 Å². The van der Waals surface area contributed by atoms with Crippen LogP contribution >= 0.6 is 0 Å². The van der Waals surface area contributed by atoms with Gasteiger partial charge in [-0.15, -0.1) is 0 Å². The van der Waals surface area contributed by atoms with Gasteiger partial charge in [0.25, 0.3) is 5.91 Å². The molecule has 5 heteroatoms. The van der Waals surface area contributed by atoms with E-state index in [2.05, 4.69) is 5.32 Å². The van der Waals surface area contributed by atoms with Gasteiger partial charge in [-0.1, -0.05) is 18.2 Å². The molecule has 0 fully saturated rings. The van der Waals surface area contributed by atoms with Crippen LogP contribution in [0.4, 0.5) is 0 Å². The quantitative estimate of drug-likeness (QED) is 0.771. The van der Waals surface area contributed by atoms with Gasteiger partial charge in [-0.05, 0) is 31.9 Å². The molecule has 20 heavy (non-hydrogen) atoms. The summed E-state index contributed by atoms with van der Waals surface area (Å²) in [6.07, 6.45) is -0.0325. The van der Waals surface area contributed by atoms with Crippen molar-refractivity contribution in [1.82, 2.24) is 5.32 Å². The van der Waals surface area contributed by atoms with E-state index in [0.717, 1.165) is 11.3 Å². The first-order chi connectivity index (χ1) is 9.58. The molecular weight excluding hydrogens is 258 g/mol. The predicted octanol–water partition coefficient (Wildman–Crippen LogP) is 1.70. The maximum Gasteiger partial charge on any atom is 0.306 e. The van der Waals surface area contributed by atoms with E-state index in [0.29, 0.717) is 13.0 Å². The summed E-state index contributed by atoms with van der Waals surface area (Å²) in [5, 5.41) is 2.61. The number of hydrogen-bond acceptors (Lipinski definition) is 4. The highest BCUT2D eigenvalue weighted by atomic mass is 16.5. The third kappa shape index (κ3) is 4.91. The van der Waals surface area contributed by atoms with E-state index in [-0.39, 0.29) is 12.3 Å². The largest absolute Gasteiger partial charge is 0.496 e. The Morgan fingerprint density at radius 2 is 2.00 bits per heavy atom. The zero-order valence-electron chi connectivity index (χ0n) is 12.1. The van der Waals surface area contributed by atoms with E-state index in [4.69, 9.17) is 9.47 Å². The summed E-state index contributed by atoms with van der Waals surface area (Å²) >= 11 is 0. The summed E-state index contributed by atoms with van der Waals surface area (Å²) < 4.78 is 10.3. The molecule has 0 aromatic heterocycles. The number of carbonyl (C=O) groups excluding carboxylic acids is 2. The first-order valence-electron chi connectivity index (χ1n) is 6.67. The van der Waals surface area contributed by atoms with Crippen LogP contribution in [0, 0.1) is 0 Å². The van der Waals surface area contributed by atoms with E-state index in [1.807, 2.05) is 31.2 Å². The second-order valence-corrected chi connectivity index (χ2v) is 4.34. The number of aryl methyl sites for hydroxylation is 1. The van der Waals surface area contributed by atoms with E-state index in [1.165, 1.54) is 0 Å². The SMILES string of the molecule is CCNC(=O)[C@@H](C)OC(=O)CCc1ccccc1OC. The molecule has 1 N–H and O–H groups in total. The minimum absolute atomic E-state index is 0.212. The van der Waals surface area contributed by atoms with Crippen molar-refractivity contribution in [2.45, 2.75) is 32.8 Å². The topological polar surface area (TPSA) is 64.6 Å². The molecule has 0 spiro atoms. The van der Waals surface area contributed by atoms with Gasteiger partial charge in [0.1, 0.15) is 5.75 Å². The van der Waals surface area contributed by atoms with Crippen LogP contribution in [0.15, 0.2) is 24.3 Å². The third-order valence-electron chi connectivity index (χ3n) is 2.82. The number of likely N-dealkylation sites (N-methyl/N-ethyl adjacent to an activating group) is 1. The fraction of sp³-hybridized carbons (Fsp3) is 0.467. The Hall–Kier alpha value is -2.04. The Morgan fingerprint density at radius 3 is 2.65 bits per heavy atom. The Morgan fingerprint density at radius 1 is 1.30 bits per heavy atom. The molecule has 0 bridgehead atoms. The standard InChI is InChI=1S/C15H21NO4/c1-4-16-15(18)11(2)20-14(17)10-9-12-7-5-6-8-13(12)19-3/h5-8,11H,4,9-10H2,1-3H3,(H,16,18)/t11-/m1/s1. The lowest BCUT2D eigenvalue weighted by Gasteiger charge is -2.13. The van der Waals surface area contributed by atoms with Crippen molar-refractivity contribution in [3.8, 4) is 5.75 Å². The number of rotatable bonds is 7. The first kappa shape index (κ1) is 16.0. The average Bonchev–Trinajstić information content (AvgIpc) is 2.45. The van der Waals surface area contributed by atoms with E-state index >= 15 is 0 Å². The normalized spacial score (nSPS) is 11.6. The van der Waals surface area contributed by atoms with Gasteiger partial charge >= 0.3 is 5.97 Å². The molecule has 110 valence electrons. The fourth-order valence-electron chi connectivity index (χ4n) is 1.77. The van der Waals surface area contributed by atoms with Crippen molar-refractivity contribution >= 4 is 11.9 Å². The molecular formula is C15H21NO4. The number of amides is 1. The molecule has 5 nitrogen and oxygen atoms in total. The second kappa shape index (κ2) is 8.19. The Kier molecular flexibility index (Phi) is 6.56. The minimum Gasteiger partial charge on any atom is -0.496 e. The number of benzene rings is 1. The van der Waals surface area contributed by atoms with Crippen molar-refractivity contribution in [3.05, 3.63) is 29.8 Å². The smallest absolute Gasteiger partial charge is 0.306 e. The molecule has 0 aliphatic heterocycles. The predicted molar refractivity (Wildman–Crippen MR) is 75.6 cm³/mol. The van der Waals surface area contributed by atoms with Crippen molar-refractivity contribution in [3.63, 3.8) is 0 Å². The molecule has 1 atom stereocenters. The van der Waals surface area contributed by atoms with Crippen LogP contribution < -0.4 is 10.1 Å². The van der Waals surface area contributed by atoms with Crippen LogP contribution in [0.2, 0.25) is 0 Å². The van der Waals surface area contributed by atoms with Crippen LogP contribution in [0.25, 0.3) is 0 Å². The number of hydrogen-bond donors (Lipinski definition) is 1. The van der Waals surface area contributed by atoms with Gasteiger partial charge in [-0.3, -0.25) is 9.59 Å². The zero-order valence-corrected chi connectivity index (χ0v) is 12.1. The second-order valence-electron chi connectivity index (χ2n) is 4.34. The van der Waals surface area contributed by atoms with Gasteiger partial charge in [0.15, 0.2) is 6.10 Å². The molecule has 1 amide bonds. The molecule has 0 heterocycles. The summed E-state index contributed by atoms with van der Waals surface area (Å²) in [6.45, 7) is 3.89. The molecule has 1 aromatic rings. The van der Waals surface area contributed by atoms with Crippen molar-refractivity contribution < 1.29 is 19.1 Å². The van der Waals surface area contributed by atoms with Crippen molar-refractivity contribution in [2.75, 3.05) is 13.7 Å². The minimum atomic E-state index is -0.764. The van der Waals surface area contributed by atoms with Crippen molar-refractivity contribution in [2.24, 2.45) is 0 Å². The maximum absolute atomic E-state index is 11.7. The van der Waals surface area contributed by atoms with Crippen LogP contribution in [-0.2, 0) is 20.7 Å². The Labute approximate surface area is 119 Å². The lowest BCUT2D eigenvalue weighted by Crippen LogP contribution is -2.35. The summed E-state index contributed by atoms with van der Waals surface area (Å²) in [5.41, 5.74) is 0.942. The average molecular weight is 279 g/mol. The molecule has 0 aliphatic rings. The number of para-hydroxylation sites is 1. The fourth-order valence-corrected chi connectivity index (χ4v) is 1.77. The number of ether oxygens (including phenoxy) is 2. The van der Waals surface area contributed by atoms with Crippen LogP contribution in [0.5, 0.6) is 5.75 Å². The van der Waals surface area contributed by atoms with Crippen LogP contribution in [-0.4, -0.2) is 31.6 Å². The van der Waals surface area contributed by atoms with Gasteiger partial charge < -0.3 is 14.8 Å². The molecule has 0 saturated carbocycles. The molecule has 1 rings (SSSR count). The summed E-state index contributed by atoms with van der Waals surface area (Å²) in [5.74, 6) is 0.0740. The molecule has 0 aliphatic carbocycles. The number of esters is 1. The Bertz CT molecular complexity index is 459. The number of methoxy groups -OCH3 is 1. The molecule has 0 saturated heterocycles. The van der Waals surface area contributed by atoms with E-state index < -0.39 is 12.1 Å². The monoisotopic (exact) mass is 279 g/mol. The van der Waals surface area contributed by atoms with Gasteiger partial charge in [0, 0.05) is 13.0 Å². The number of nitrogens with one attached hydrogen (secondary N) is 1. The van der Waals surface area contributed by atoms with Crippen molar-refractivity contribution in [1.29, 1.82) is 0 Å². The summed E-state index contributed by atoms with van der Waals surface area (Å²) in [6, 6.07) is 7.51. The van der Waals surface area contributed by atoms with E-state index in [9.17, 15) is 9.59 Å².